The lowest BCUT2D eigenvalue weighted by Crippen LogP contribution is -2.40. The lowest BCUT2D eigenvalue weighted by molar-refractivity contribution is 0.253. The number of hydrogen-bond donors (Lipinski definition) is 3. The molecule has 0 spiro atoms. The number of nitrogens with one attached hydrogen (secondary N) is 1. The van der Waals surface area contributed by atoms with Gasteiger partial charge in [-0.15, -0.1) is 0 Å². The highest BCUT2D eigenvalue weighted by atomic mass is 16.3. The molecule has 3 N–H and O–H groups in total. The summed E-state index contributed by atoms with van der Waals surface area (Å²) in [5, 5.41) is 28.0. The quantitative estimate of drug-likeness (QED) is 0.497. The molecule has 1 aromatic rings. The monoisotopic (exact) mass is 221 g/mol. The summed E-state index contributed by atoms with van der Waals surface area (Å²) in [7, 11) is 0. The van der Waals surface area contributed by atoms with Crippen molar-refractivity contribution in [1.29, 1.82) is 0 Å². The van der Waals surface area contributed by atoms with Gasteiger partial charge in [0.05, 0.1) is 6.21 Å². The van der Waals surface area contributed by atoms with Crippen LogP contribution in [-0.4, -0.2) is 47.6 Å². The van der Waals surface area contributed by atoms with Crippen LogP contribution in [-0.2, 0) is 0 Å². The van der Waals surface area contributed by atoms with Gasteiger partial charge >= 0.3 is 0 Å². The minimum absolute atomic E-state index is 0.112. The zero-order valence-corrected chi connectivity index (χ0v) is 8.93. The van der Waals surface area contributed by atoms with E-state index in [4.69, 9.17) is 5.11 Å². The van der Waals surface area contributed by atoms with Crippen LogP contribution < -0.4 is 5.32 Å². The van der Waals surface area contributed by atoms with E-state index in [0.717, 1.165) is 31.7 Å². The molecule has 5 heteroatoms. The second-order valence-electron chi connectivity index (χ2n) is 3.70. The maximum atomic E-state index is 9.30. The van der Waals surface area contributed by atoms with Crippen molar-refractivity contribution in [3.8, 4) is 11.5 Å². The Labute approximate surface area is 94.0 Å². The molecule has 0 saturated carbocycles. The van der Waals surface area contributed by atoms with Crippen molar-refractivity contribution in [2.24, 2.45) is 5.10 Å². The summed E-state index contributed by atoms with van der Waals surface area (Å²) in [4.78, 5) is 0. The first-order valence-corrected chi connectivity index (χ1v) is 5.27. The van der Waals surface area contributed by atoms with Crippen molar-refractivity contribution in [2.75, 3.05) is 26.2 Å². The van der Waals surface area contributed by atoms with E-state index in [9.17, 15) is 5.11 Å². The number of piperazine rings is 1. The lowest BCUT2D eigenvalue weighted by atomic mass is 10.2. The molecule has 1 saturated heterocycles. The van der Waals surface area contributed by atoms with Gasteiger partial charge in [0, 0.05) is 26.2 Å². The summed E-state index contributed by atoms with van der Waals surface area (Å²) in [5.74, 6) is -0.233. The molecule has 0 unspecified atom stereocenters. The smallest absolute Gasteiger partial charge is 0.158 e. The minimum Gasteiger partial charge on any atom is -0.504 e. The summed E-state index contributed by atoms with van der Waals surface area (Å²) in [6.07, 6.45) is 1.68. The molecule has 1 aliphatic heterocycles. The van der Waals surface area contributed by atoms with Gasteiger partial charge in [-0.1, -0.05) is 0 Å². The molecule has 0 aromatic heterocycles. The average molecular weight is 221 g/mol. The molecule has 1 fully saturated rings. The molecule has 1 heterocycles. The van der Waals surface area contributed by atoms with E-state index in [2.05, 4.69) is 10.4 Å². The third-order valence-electron chi connectivity index (χ3n) is 2.46. The Hall–Kier alpha value is -1.75. The second kappa shape index (κ2) is 4.85. The van der Waals surface area contributed by atoms with Crippen LogP contribution in [0.5, 0.6) is 11.5 Å². The number of hydrogen-bond acceptors (Lipinski definition) is 5. The van der Waals surface area contributed by atoms with E-state index >= 15 is 0 Å². The van der Waals surface area contributed by atoms with Gasteiger partial charge in [-0.25, -0.2) is 0 Å². The molecule has 0 radical (unpaired) electrons. The van der Waals surface area contributed by atoms with Gasteiger partial charge in [-0.05, 0) is 23.8 Å². The first-order chi connectivity index (χ1) is 7.75. The molecule has 0 bridgehead atoms. The van der Waals surface area contributed by atoms with Crippen molar-refractivity contribution < 1.29 is 10.2 Å². The topological polar surface area (TPSA) is 68.1 Å². The van der Waals surface area contributed by atoms with Crippen molar-refractivity contribution in [3.63, 3.8) is 0 Å². The highest BCUT2D eigenvalue weighted by Gasteiger charge is 2.05. The predicted octanol–water partition coefficient (Wildman–Crippen LogP) is 0.337. The molecular weight excluding hydrogens is 206 g/mol. The fourth-order valence-electron chi connectivity index (χ4n) is 1.54. The third kappa shape index (κ3) is 2.64. The summed E-state index contributed by atoms with van der Waals surface area (Å²) in [6, 6.07) is 4.65. The van der Waals surface area contributed by atoms with Crippen LogP contribution >= 0.6 is 0 Å². The van der Waals surface area contributed by atoms with Crippen LogP contribution in [0.1, 0.15) is 5.56 Å². The fraction of sp³-hybridized carbons (Fsp3) is 0.364. The first kappa shape index (κ1) is 10.8. The van der Waals surface area contributed by atoms with Gasteiger partial charge in [0.2, 0.25) is 0 Å². The van der Waals surface area contributed by atoms with Gasteiger partial charge in [0.15, 0.2) is 11.5 Å². The normalized spacial score (nSPS) is 16.9. The number of nitrogens with zero attached hydrogens (tertiary/aromatic N) is 2. The molecule has 0 amide bonds. The average Bonchev–Trinajstić information content (AvgIpc) is 2.32. The van der Waals surface area contributed by atoms with Crippen LogP contribution in [0.3, 0.4) is 0 Å². The van der Waals surface area contributed by atoms with E-state index in [0.29, 0.717) is 0 Å². The minimum atomic E-state index is -0.121. The molecule has 0 atom stereocenters. The van der Waals surface area contributed by atoms with E-state index in [-0.39, 0.29) is 11.5 Å². The summed E-state index contributed by atoms with van der Waals surface area (Å²) in [6.45, 7) is 3.66. The Balaban J connectivity index is 2.02. The molecule has 1 aliphatic rings. The fourth-order valence-corrected chi connectivity index (χ4v) is 1.54. The number of phenols is 2. The lowest BCUT2D eigenvalue weighted by Gasteiger charge is -2.24. The van der Waals surface area contributed by atoms with Crippen molar-refractivity contribution in [3.05, 3.63) is 23.8 Å². The molecule has 5 nitrogen and oxygen atoms in total. The number of rotatable bonds is 2. The number of hydrazone groups is 1. The predicted molar refractivity (Wildman–Crippen MR) is 61.8 cm³/mol. The summed E-state index contributed by atoms with van der Waals surface area (Å²) in [5.41, 5.74) is 0.772. The van der Waals surface area contributed by atoms with Gasteiger partial charge in [-0.2, -0.15) is 5.10 Å². The van der Waals surface area contributed by atoms with Crippen molar-refractivity contribution in [2.45, 2.75) is 0 Å². The Kier molecular flexibility index (Phi) is 3.26. The Bertz CT molecular complexity index is 387. The molecule has 1 aromatic carbocycles. The van der Waals surface area contributed by atoms with E-state index < -0.39 is 0 Å². The third-order valence-corrected chi connectivity index (χ3v) is 2.46. The highest BCUT2D eigenvalue weighted by molar-refractivity contribution is 5.80. The Morgan fingerprint density at radius 1 is 1.19 bits per heavy atom. The molecule has 2 rings (SSSR count). The number of phenolic OH excluding ortho intramolecular Hbond substituents is 2. The number of benzene rings is 1. The SMILES string of the molecule is Oc1ccc(/C=N/N2CCNCC2)cc1O. The van der Waals surface area contributed by atoms with Crippen LogP contribution in [0.25, 0.3) is 0 Å². The van der Waals surface area contributed by atoms with Gasteiger partial charge < -0.3 is 15.5 Å². The van der Waals surface area contributed by atoms with E-state index in [1.807, 2.05) is 5.01 Å². The van der Waals surface area contributed by atoms with Crippen LogP contribution in [0.4, 0.5) is 0 Å². The molecular formula is C11H15N3O2. The van der Waals surface area contributed by atoms with Gasteiger partial charge in [-0.3, -0.25) is 5.01 Å². The molecule has 16 heavy (non-hydrogen) atoms. The van der Waals surface area contributed by atoms with Crippen LogP contribution in [0, 0.1) is 0 Å². The largest absolute Gasteiger partial charge is 0.504 e. The summed E-state index contributed by atoms with van der Waals surface area (Å²) < 4.78 is 0. The Morgan fingerprint density at radius 3 is 2.62 bits per heavy atom. The maximum Gasteiger partial charge on any atom is 0.158 e. The standard InChI is InChI=1S/C11H15N3O2/c15-10-2-1-9(7-11(10)16)8-13-14-5-3-12-4-6-14/h1-2,7-8,12,15-16H,3-6H2/b13-8+. The second-order valence-corrected chi connectivity index (χ2v) is 3.70. The Morgan fingerprint density at radius 2 is 1.94 bits per heavy atom. The highest BCUT2D eigenvalue weighted by Crippen LogP contribution is 2.23. The maximum absolute atomic E-state index is 9.30. The van der Waals surface area contributed by atoms with Crippen molar-refractivity contribution in [1.82, 2.24) is 10.3 Å². The zero-order chi connectivity index (χ0) is 11.4. The van der Waals surface area contributed by atoms with E-state index in [1.54, 1.807) is 12.3 Å². The number of aromatic hydroxyl groups is 2. The van der Waals surface area contributed by atoms with Crippen LogP contribution in [0.2, 0.25) is 0 Å². The molecule has 0 aliphatic carbocycles. The van der Waals surface area contributed by atoms with E-state index in [1.165, 1.54) is 12.1 Å². The van der Waals surface area contributed by atoms with Gasteiger partial charge in [0.1, 0.15) is 0 Å². The van der Waals surface area contributed by atoms with Crippen LogP contribution in [0.15, 0.2) is 23.3 Å². The first-order valence-electron chi connectivity index (χ1n) is 5.27. The zero-order valence-electron chi connectivity index (χ0n) is 8.93. The summed E-state index contributed by atoms with van der Waals surface area (Å²) >= 11 is 0. The molecule has 86 valence electrons. The van der Waals surface area contributed by atoms with Gasteiger partial charge in [0.25, 0.3) is 0 Å². The van der Waals surface area contributed by atoms with Crippen molar-refractivity contribution >= 4 is 6.21 Å².